The largest absolute Gasteiger partial charge is 0.507 e. The van der Waals surface area contributed by atoms with E-state index in [0.29, 0.717) is 22.0 Å². The molecule has 0 aromatic heterocycles. The lowest BCUT2D eigenvalue weighted by atomic mass is 10.1. The first-order chi connectivity index (χ1) is 13.7. The summed E-state index contributed by atoms with van der Waals surface area (Å²) >= 11 is 5.96. The van der Waals surface area contributed by atoms with Crippen molar-refractivity contribution in [2.24, 2.45) is 15.2 Å². The van der Waals surface area contributed by atoms with E-state index in [0.717, 1.165) is 16.5 Å². The minimum absolute atomic E-state index is 0.130. The molecule has 5 heteroatoms. The third kappa shape index (κ3) is 4.08. The molecule has 28 heavy (non-hydrogen) atoms. The summed E-state index contributed by atoms with van der Waals surface area (Å²) in [6.07, 6.45) is 1.63. The Morgan fingerprint density at radius 3 is 2.36 bits per heavy atom. The molecule has 0 atom stereocenters. The Hall–Kier alpha value is -3.50. The molecule has 136 valence electrons. The first kappa shape index (κ1) is 17.9. The summed E-state index contributed by atoms with van der Waals surface area (Å²) in [5, 5.41) is 21.3. The number of aliphatic imine (C=N–C) groups is 1. The summed E-state index contributed by atoms with van der Waals surface area (Å²) in [7, 11) is 0. The normalized spacial score (nSPS) is 11.6. The van der Waals surface area contributed by atoms with Crippen molar-refractivity contribution in [3.05, 3.63) is 95.5 Å². The fourth-order valence-electron chi connectivity index (χ4n) is 2.82. The predicted octanol–water partition coefficient (Wildman–Crippen LogP) is 7.36. The van der Waals surface area contributed by atoms with Gasteiger partial charge >= 0.3 is 0 Å². The molecule has 0 bridgehead atoms. The van der Waals surface area contributed by atoms with Gasteiger partial charge in [-0.15, -0.1) is 0 Å². The van der Waals surface area contributed by atoms with Crippen LogP contribution in [0.25, 0.3) is 10.8 Å². The van der Waals surface area contributed by atoms with E-state index in [1.54, 1.807) is 36.5 Å². The lowest BCUT2D eigenvalue weighted by molar-refractivity contribution is 0.474. The Labute approximate surface area is 167 Å². The van der Waals surface area contributed by atoms with Crippen molar-refractivity contribution in [1.29, 1.82) is 0 Å². The van der Waals surface area contributed by atoms with Crippen molar-refractivity contribution in [2.75, 3.05) is 0 Å². The van der Waals surface area contributed by atoms with Crippen LogP contribution in [0.5, 0.6) is 5.75 Å². The molecule has 0 heterocycles. The van der Waals surface area contributed by atoms with Crippen LogP contribution in [0.3, 0.4) is 0 Å². The van der Waals surface area contributed by atoms with Crippen molar-refractivity contribution in [3.63, 3.8) is 0 Å². The summed E-state index contributed by atoms with van der Waals surface area (Å²) in [5.41, 5.74) is 2.67. The average molecular weight is 386 g/mol. The fourth-order valence-corrected chi connectivity index (χ4v) is 3.01. The molecule has 4 aromatic rings. The molecule has 4 nitrogen and oxygen atoms in total. The van der Waals surface area contributed by atoms with Crippen molar-refractivity contribution in [1.82, 2.24) is 0 Å². The van der Waals surface area contributed by atoms with E-state index < -0.39 is 0 Å². The second-order valence-corrected chi connectivity index (χ2v) is 6.62. The molecular weight excluding hydrogens is 370 g/mol. The Kier molecular flexibility index (Phi) is 5.13. The number of phenolic OH excluding ortho intramolecular Hbond substituents is 1. The number of hydrogen-bond donors (Lipinski definition) is 1. The quantitative estimate of drug-likeness (QED) is 0.289. The maximum Gasteiger partial charge on any atom is 0.124 e. The topological polar surface area (TPSA) is 57.3 Å². The number of halogens is 1. The van der Waals surface area contributed by atoms with Crippen LogP contribution < -0.4 is 0 Å². The van der Waals surface area contributed by atoms with Crippen LogP contribution in [-0.4, -0.2) is 11.3 Å². The van der Waals surface area contributed by atoms with Gasteiger partial charge in [-0.05, 0) is 47.9 Å². The van der Waals surface area contributed by atoms with Gasteiger partial charge in [0.15, 0.2) is 0 Å². The monoisotopic (exact) mass is 385 g/mol. The number of benzene rings is 4. The molecule has 0 saturated carbocycles. The zero-order valence-electron chi connectivity index (χ0n) is 14.8. The summed E-state index contributed by atoms with van der Waals surface area (Å²) < 4.78 is 0. The molecular formula is C23H16ClN3O. The molecule has 0 saturated heterocycles. The van der Waals surface area contributed by atoms with E-state index in [1.807, 2.05) is 54.6 Å². The zero-order valence-corrected chi connectivity index (χ0v) is 15.6. The highest BCUT2D eigenvalue weighted by atomic mass is 35.5. The van der Waals surface area contributed by atoms with Gasteiger partial charge in [0, 0.05) is 22.2 Å². The van der Waals surface area contributed by atoms with E-state index >= 15 is 0 Å². The number of phenols is 1. The van der Waals surface area contributed by atoms with Gasteiger partial charge in [-0.1, -0.05) is 54.1 Å². The van der Waals surface area contributed by atoms with Crippen molar-refractivity contribution in [2.45, 2.75) is 0 Å². The Bertz CT molecular complexity index is 1200. The third-order valence-electron chi connectivity index (χ3n) is 4.21. The van der Waals surface area contributed by atoms with Crippen LogP contribution in [0.15, 0.2) is 100 Å². The van der Waals surface area contributed by atoms with Crippen molar-refractivity contribution in [3.8, 4) is 5.75 Å². The smallest absolute Gasteiger partial charge is 0.124 e. The second-order valence-electron chi connectivity index (χ2n) is 6.18. The molecule has 0 aliphatic rings. The summed E-state index contributed by atoms with van der Waals surface area (Å²) in [4.78, 5) is 4.56. The number of fused-ring (bicyclic) bond motifs is 1. The van der Waals surface area contributed by atoms with E-state index in [4.69, 9.17) is 11.6 Å². The molecule has 4 aromatic carbocycles. The molecule has 4 rings (SSSR count). The fraction of sp³-hybridized carbons (Fsp3) is 0. The summed E-state index contributed by atoms with van der Waals surface area (Å²) in [6.45, 7) is 0. The van der Waals surface area contributed by atoms with Crippen molar-refractivity contribution >= 4 is 45.7 Å². The summed E-state index contributed by atoms with van der Waals surface area (Å²) in [5.74, 6) is 0.130. The van der Waals surface area contributed by atoms with Gasteiger partial charge in [-0.25, -0.2) is 0 Å². The van der Waals surface area contributed by atoms with Gasteiger partial charge in [0.05, 0.1) is 17.1 Å². The number of rotatable bonds is 4. The Balaban J connectivity index is 1.63. The molecule has 0 spiro atoms. The first-order valence-corrected chi connectivity index (χ1v) is 9.09. The zero-order chi connectivity index (χ0) is 19.3. The Morgan fingerprint density at radius 1 is 0.750 bits per heavy atom. The van der Waals surface area contributed by atoms with E-state index in [9.17, 15) is 5.11 Å². The van der Waals surface area contributed by atoms with Crippen LogP contribution in [0.2, 0.25) is 5.02 Å². The second kappa shape index (κ2) is 8.03. The van der Waals surface area contributed by atoms with Crippen LogP contribution in [-0.2, 0) is 0 Å². The number of hydrogen-bond acceptors (Lipinski definition) is 4. The van der Waals surface area contributed by atoms with Crippen molar-refractivity contribution < 1.29 is 5.11 Å². The molecule has 0 aliphatic heterocycles. The van der Waals surface area contributed by atoms with E-state index in [1.165, 1.54) is 0 Å². The van der Waals surface area contributed by atoms with Gasteiger partial charge in [0.1, 0.15) is 5.75 Å². The van der Waals surface area contributed by atoms with Crippen LogP contribution in [0, 0.1) is 0 Å². The van der Waals surface area contributed by atoms with E-state index in [2.05, 4.69) is 15.2 Å². The molecule has 1 N–H and O–H groups in total. The van der Waals surface area contributed by atoms with Crippen LogP contribution in [0.4, 0.5) is 17.1 Å². The summed E-state index contributed by atoms with van der Waals surface area (Å²) in [6, 6.07) is 26.1. The lowest BCUT2D eigenvalue weighted by Gasteiger charge is -2.03. The minimum atomic E-state index is 0.130. The van der Waals surface area contributed by atoms with Gasteiger partial charge < -0.3 is 5.11 Å². The highest BCUT2D eigenvalue weighted by Gasteiger charge is 2.02. The minimum Gasteiger partial charge on any atom is -0.507 e. The van der Waals surface area contributed by atoms with Gasteiger partial charge in [-0.2, -0.15) is 10.2 Å². The average Bonchev–Trinajstić information content (AvgIpc) is 2.72. The standard InChI is InChI=1S/C23H16ClN3O/c24-18-7-4-8-19(14-18)26-27-20-11-12-23(28)17(13-20)15-25-22-10-3-6-16-5-1-2-9-21(16)22/h1-15,28H. The maximum atomic E-state index is 10.2. The van der Waals surface area contributed by atoms with Gasteiger partial charge in [-0.3, -0.25) is 4.99 Å². The van der Waals surface area contributed by atoms with Gasteiger partial charge in [0.2, 0.25) is 0 Å². The molecule has 0 aliphatic carbocycles. The van der Waals surface area contributed by atoms with Gasteiger partial charge in [0.25, 0.3) is 0 Å². The molecule has 0 unspecified atom stereocenters. The van der Waals surface area contributed by atoms with Crippen LogP contribution >= 0.6 is 11.6 Å². The number of azo groups is 1. The SMILES string of the molecule is Oc1ccc(N=Nc2cccc(Cl)c2)cc1C=Nc1cccc2ccccc12. The van der Waals surface area contributed by atoms with E-state index in [-0.39, 0.29) is 5.75 Å². The third-order valence-corrected chi connectivity index (χ3v) is 4.44. The molecule has 0 radical (unpaired) electrons. The number of nitrogens with zero attached hydrogens (tertiary/aromatic N) is 3. The molecule has 0 amide bonds. The lowest BCUT2D eigenvalue weighted by Crippen LogP contribution is -1.82. The highest BCUT2D eigenvalue weighted by molar-refractivity contribution is 6.30. The van der Waals surface area contributed by atoms with Crippen LogP contribution in [0.1, 0.15) is 5.56 Å². The Morgan fingerprint density at radius 2 is 1.50 bits per heavy atom. The predicted molar refractivity (Wildman–Crippen MR) is 115 cm³/mol. The first-order valence-electron chi connectivity index (χ1n) is 8.71. The maximum absolute atomic E-state index is 10.2. The number of aromatic hydroxyl groups is 1. The molecule has 0 fully saturated rings. The highest BCUT2D eigenvalue weighted by Crippen LogP contribution is 2.28.